The molecule has 0 aliphatic carbocycles. The molecule has 0 aliphatic heterocycles. The zero-order chi connectivity index (χ0) is 19.8. The van der Waals surface area contributed by atoms with Crippen LogP contribution in [-0.4, -0.2) is 69.7 Å². The molecule has 26 heavy (non-hydrogen) atoms. The number of nitrogens with one attached hydrogen (secondary N) is 2. The van der Waals surface area contributed by atoms with Crippen molar-refractivity contribution in [2.75, 3.05) is 46.1 Å². The van der Waals surface area contributed by atoms with Gasteiger partial charge in [-0.25, -0.2) is 4.79 Å². The van der Waals surface area contributed by atoms with E-state index in [-0.39, 0.29) is 5.91 Å². The highest BCUT2D eigenvalue weighted by Gasteiger charge is 2.15. The maximum atomic E-state index is 11.7. The van der Waals surface area contributed by atoms with Gasteiger partial charge in [-0.3, -0.25) is 4.79 Å². The second-order valence-corrected chi connectivity index (χ2v) is 6.84. The van der Waals surface area contributed by atoms with Crippen LogP contribution in [0.2, 0.25) is 0 Å². The van der Waals surface area contributed by atoms with Gasteiger partial charge in [0.2, 0.25) is 5.91 Å². The van der Waals surface area contributed by atoms with E-state index >= 15 is 0 Å². The molecule has 1 atom stereocenters. The molecule has 0 aromatic carbocycles. The largest absolute Gasteiger partial charge is 0.444 e. The zero-order valence-corrected chi connectivity index (χ0v) is 16.3. The van der Waals surface area contributed by atoms with Gasteiger partial charge in [0.15, 0.2) is 0 Å². The van der Waals surface area contributed by atoms with Crippen LogP contribution >= 0.6 is 0 Å². The first kappa shape index (κ1) is 24.6. The van der Waals surface area contributed by atoms with Crippen LogP contribution < -0.4 is 22.1 Å². The minimum atomic E-state index is -0.511. The van der Waals surface area contributed by atoms with Crippen LogP contribution in [0.15, 0.2) is 0 Å². The van der Waals surface area contributed by atoms with Gasteiger partial charge in [0.05, 0.1) is 32.5 Å². The molecular weight excluding hydrogens is 340 g/mol. The number of carbonyl (C=O) groups is 2. The van der Waals surface area contributed by atoms with Crippen LogP contribution in [0.5, 0.6) is 0 Å². The van der Waals surface area contributed by atoms with Crippen LogP contribution in [0.4, 0.5) is 4.79 Å². The third-order valence-corrected chi connectivity index (χ3v) is 3.14. The predicted octanol–water partition coefficient (Wildman–Crippen LogP) is 0.117. The number of rotatable bonds is 14. The normalized spacial score (nSPS) is 12.5. The SMILES string of the molecule is CC(C)(C)OC(=O)NCCOCCOCCNC(=O)C(N)CCCCN. The first-order valence-electron chi connectivity index (χ1n) is 9.12. The third kappa shape index (κ3) is 16.1. The number of hydrogen-bond donors (Lipinski definition) is 4. The Morgan fingerprint density at radius 1 is 0.962 bits per heavy atom. The van der Waals surface area contributed by atoms with E-state index in [1.54, 1.807) is 20.8 Å². The Kier molecular flexibility index (Phi) is 13.9. The number of unbranched alkanes of at least 4 members (excludes halogenated alkanes) is 1. The van der Waals surface area contributed by atoms with Crippen molar-refractivity contribution in [2.45, 2.75) is 51.7 Å². The highest BCUT2D eigenvalue weighted by atomic mass is 16.6. The number of amides is 2. The van der Waals surface area contributed by atoms with E-state index in [1.165, 1.54) is 0 Å². The minimum absolute atomic E-state index is 0.171. The van der Waals surface area contributed by atoms with Gasteiger partial charge in [-0.15, -0.1) is 0 Å². The highest BCUT2D eigenvalue weighted by Crippen LogP contribution is 2.06. The Morgan fingerprint density at radius 3 is 2.08 bits per heavy atom. The lowest BCUT2D eigenvalue weighted by Crippen LogP contribution is -2.41. The van der Waals surface area contributed by atoms with Crippen LogP contribution in [-0.2, 0) is 19.0 Å². The summed E-state index contributed by atoms with van der Waals surface area (Å²) in [7, 11) is 0. The fourth-order valence-corrected chi connectivity index (χ4v) is 1.88. The molecule has 2 amide bonds. The summed E-state index contributed by atoms with van der Waals surface area (Å²) in [5, 5.41) is 5.33. The van der Waals surface area contributed by atoms with Gasteiger partial charge in [0.25, 0.3) is 0 Å². The topological polar surface area (TPSA) is 138 Å². The Hall–Kier alpha value is -1.42. The van der Waals surface area contributed by atoms with Crippen molar-refractivity contribution >= 4 is 12.0 Å². The quantitative estimate of drug-likeness (QED) is 0.316. The second-order valence-electron chi connectivity index (χ2n) is 6.84. The van der Waals surface area contributed by atoms with E-state index in [2.05, 4.69) is 10.6 Å². The molecule has 0 bridgehead atoms. The molecule has 9 heteroatoms. The van der Waals surface area contributed by atoms with Crippen molar-refractivity contribution < 1.29 is 23.8 Å². The number of alkyl carbamates (subject to hydrolysis) is 1. The lowest BCUT2D eigenvalue weighted by molar-refractivity contribution is -0.122. The van der Waals surface area contributed by atoms with Crippen molar-refractivity contribution in [2.24, 2.45) is 11.5 Å². The zero-order valence-electron chi connectivity index (χ0n) is 16.3. The van der Waals surface area contributed by atoms with E-state index in [0.717, 1.165) is 12.8 Å². The van der Waals surface area contributed by atoms with Gasteiger partial charge in [-0.2, -0.15) is 0 Å². The van der Waals surface area contributed by atoms with Crippen LogP contribution in [0, 0.1) is 0 Å². The molecule has 0 saturated carbocycles. The lowest BCUT2D eigenvalue weighted by atomic mass is 10.1. The molecule has 0 radical (unpaired) electrons. The van der Waals surface area contributed by atoms with Gasteiger partial charge in [-0.05, 0) is 40.2 Å². The first-order chi connectivity index (χ1) is 12.3. The number of hydrogen-bond acceptors (Lipinski definition) is 7. The Balaban J connectivity index is 3.41. The first-order valence-corrected chi connectivity index (χ1v) is 9.12. The molecule has 6 N–H and O–H groups in total. The van der Waals surface area contributed by atoms with Gasteiger partial charge in [-0.1, -0.05) is 6.42 Å². The van der Waals surface area contributed by atoms with Crippen molar-refractivity contribution in [1.29, 1.82) is 0 Å². The molecule has 0 fully saturated rings. The summed E-state index contributed by atoms with van der Waals surface area (Å²) in [6.07, 6.45) is 1.89. The Labute approximate surface area is 156 Å². The summed E-state index contributed by atoms with van der Waals surface area (Å²) in [6, 6.07) is -0.498. The average Bonchev–Trinajstić information content (AvgIpc) is 2.54. The Morgan fingerprint density at radius 2 is 1.54 bits per heavy atom. The van der Waals surface area contributed by atoms with Crippen LogP contribution in [0.1, 0.15) is 40.0 Å². The Bertz CT molecular complexity index is 388. The maximum Gasteiger partial charge on any atom is 0.407 e. The van der Waals surface area contributed by atoms with E-state index in [1.807, 2.05) is 0 Å². The van der Waals surface area contributed by atoms with Crippen molar-refractivity contribution in [3.05, 3.63) is 0 Å². The second kappa shape index (κ2) is 14.7. The lowest BCUT2D eigenvalue weighted by Gasteiger charge is -2.19. The minimum Gasteiger partial charge on any atom is -0.444 e. The smallest absolute Gasteiger partial charge is 0.407 e. The number of ether oxygens (including phenoxy) is 3. The van der Waals surface area contributed by atoms with E-state index in [0.29, 0.717) is 52.5 Å². The fourth-order valence-electron chi connectivity index (χ4n) is 1.88. The molecule has 154 valence electrons. The molecule has 0 rings (SSSR count). The molecule has 9 nitrogen and oxygen atoms in total. The van der Waals surface area contributed by atoms with E-state index in [4.69, 9.17) is 25.7 Å². The summed E-state index contributed by atoms with van der Waals surface area (Å²) < 4.78 is 15.8. The number of nitrogens with two attached hydrogens (primary N) is 2. The van der Waals surface area contributed by atoms with Crippen LogP contribution in [0.3, 0.4) is 0 Å². The van der Waals surface area contributed by atoms with E-state index < -0.39 is 17.7 Å². The van der Waals surface area contributed by atoms with E-state index in [9.17, 15) is 9.59 Å². The van der Waals surface area contributed by atoms with Crippen LogP contribution in [0.25, 0.3) is 0 Å². The molecule has 0 saturated heterocycles. The summed E-state index contributed by atoms with van der Waals surface area (Å²) in [5.74, 6) is -0.171. The van der Waals surface area contributed by atoms with Crippen molar-refractivity contribution in [3.63, 3.8) is 0 Å². The van der Waals surface area contributed by atoms with Gasteiger partial charge in [0.1, 0.15) is 5.60 Å². The molecule has 0 heterocycles. The number of carbonyl (C=O) groups excluding carboxylic acids is 2. The molecule has 1 unspecified atom stereocenters. The maximum absolute atomic E-state index is 11.7. The molecule has 0 aliphatic rings. The van der Waals surface area contributed by atoms with Crippen molar-refractivity contribution in [1.82, 2.24) is 10.6 Å². The molecule has 0 spiro atoms. The summed E-state index contributed by atoms with van der Waals surface area (Å²) in [4.78, 5) is 23.1. The summed E-state index contributed by atoms with van der Waals surface area (Å²) >= 11 is 0. The van der Waals surface area contributed by atoms with Gasteiger partial charge in [0, 0.05) is 13.1 Å². The fraction of sp³-hybridized carbons (Fsp3) is 0.882. The summed E-state index contributed by atoms with van der Waals surface area (Å²) in [6.45, 7) is 8.37. The standard InChI is InChI=1S/C17H36N4O5/c1-17(2,3)26-16(23)21-9-11-25-13-12-24-10-8-20-15(22)14(19)6-4-5-7-18/h14H,4-13,18-19H2,1-3H3,(H,20,22)(H,21,23). The van der Waals surface area contributed by atoms with Gasteiger partial charge >= 0.3 is 6.09 Å². The molecule has 0 aromatic rings. The predicted molar refractivity (Wildman–Crippen MR) is 99.8 cm³/mol. The van der Waals surface area contributed by atoms with Gasteiger partial charge < -0.3 is 36.3 Å². The third-order valence-electron chi connectivity index (χ3n) is 3.14. The monoisotopic (exact) mass is 376 g/mol. The summed E-state index contributed by atoms with van der Waals surface area (Å²) in [5.41, 5.74) is 10.7. The molecule has 0 aromatic heterocycles. The molecular formula is C17H36N4O5. The van der Waals surface area contributed by atoms with Crippen molar-refractivity contribution in [3.8, 4) is 0 Å². The average molecular weight is 376 g/mol. The highest BCUT2D eigenvalue weighted by molar-refractivity contribution is 5.81.